The predicted molar refractivity (Wildman–Crippen MR) is 114 cm³/mol. The molecule has 0 aliphatic carbocycles. The fourth-order valence-corrected chi connectivity index (χ4v) is 4.34. The molecule has 0 fully saturated rings. The number of nitrogens with zero attached hydrogens (tertiary/aromatic N) is 1. The summed E-state index contributed by atoms with van der Waals surface area (Å²) in [5.74, 6) is 0.584. The minimum atomic E-state index is 0.484. The average molecular weight is 348 g/mol. The molecular weight excluding hydrogens is 314 g/mol. The Labute approximate surface area is 159 Å². The molecular formula is C25H33N. The fourth-order valence-electron chi connectivity index (χ4n) is 4.34. The largest absolute Gasteiger partial charge is 0.343 e. The first-order valence-electron chi connectivity index (χ1n) is 10.1. The van der Waals surface area contributed by atoms with Crippen LogP contribution in [0.1, 0.15) is 62.8 Å². The maximum absolute atomic E-state index is 4.36. The molecule has 0 radical (unpaired) electrons. The van der Waals surface area contributed by atoms with E-state index in [9.17, 15) is 0 Å². The molecule has 0 spiro atoms. The topological polar surface area (TPSA) is 3.24 Å². The molecule has 1 aromatic carbocycles. The first kappa shape index (κ1) is 18.8. The molecule has 0 N–H and O–H groups in total. The van der Waals surface area contributed by atoms with E-state index in [4.69, 9.17) is 0 Å². The Morgan fingerprint density at radius 2 is 2.00 bits per heavy atom. The Hall–Kier alpha value is -2.02. The summed E-state index contributed by atoms with van der Waals surface area (Å²) in [6.07, 6.45) is 8.95. The van der Waals surface area contributed by atoms with Crippen molar-refractivity contribution in [1.29, 1.82) is 0 Å². The number of allylic oxidation sites excluding steroid dienone is 4. The zero-order valence-electron chi connectivity index (χ0n) is 17.2. The number of fused-ring (bicyclic) bond motifs is 3. The summed E-state index contributed by atoms with van der Waals surface area (Å²) < 4.78 is 0. The van der Waals surface area contributed by atoms with E-state index in [2.05, 4.69) is 77.1 Å². The molecule has 0 saturated heterocycles. The van der Waals surface area contributed by atoms with Gasteiger partial charge in [-0.2, -0.15) is 0 Å². The van der Waals surface area contributed by atoms with Gasteiger partial charge < -0.3 is 4.90 Å². The maximum Gasteiger partial charge on any atom is 0.0491 e. The van der Waals surface area contributed by atoms with Crippen LogP contribution in [0, 0.1) is 12.8 Å². The van der Waals surface area contributed by atoms with Crippen molar-refractivity contribution in [1.82, 2.24) is 4.90 Å². The Kier molecular flexibility index (Phi) is 5.27. The predicted octanol–water partition coefficient (Wildman–Crippen LogP) is 6.59. The van der Waals surface area contributed by atoms with E-state index < -0.39 is 0 Å². The Balaban J connectivity index is 2.12. The molecule has 138 valence electrons. The summed E-state index contributed by atoms with van der Waals surface area (Å²) in [7, 11) is 0. The van der Waals surface area contributed by atoms with Crippen LogP contribution in [0.3, 0.4) is 0 Å². The van der Waals surface area contributed by atoms with Crippen LogP contribution < -0.4 is 0 Å². The van der Waals surface area contributed by atoms with E-state index >= 15 is 0 Å². The van der Waals surface area contributed by atoms with Crippen LogP contribution in [0.5, 0.6) is 0 Å². The van der Waals surface area contributed by atoms with E-state index in [-0.39, 0.29) is 0 Å². The number of hydrogen-bond donors (Lipinski definition) is 0. The second-order valence-electron chi connectivity index (χ2n) is 8.16. The van der Waals surface area contributed by atoms with Crippen molar-refractivity contribution in [3.63, 3.8) is 0 Å². The fraction of sp³-hybridized carbons (Fsp3) is 0.440. The van der Waals surface area contributed by atoms with Gasteiger partial charge in [0.1, 0.15) is 0 Å². The summed E-state index contributed by atoms with van der Waals surface area (Å²) in [5.41, 5.74) is 10.6. The minimum Gasteiger partial charge on any atom is -0.343 e. The molecule has 2 heterocycles. The van der Waals surface area contributed by atoms with Crippen LogP contribution >= 0.6 is 0 Å². The lowest BCUT2D eigenvalue weighted by molar-refractivity contribution is 0.284. The Morgan fingerprint density at radius 3 is 2.62 bits per heavy atom. The lowest BCUT2D eigenvalue weighted by atomic mass is 9.81. The third kappa shape index (κ3) is 3.20. The second-order valence-corrected chi connectivity index (χ2v) is 8.16. The van der Waals surface area contributed by atoms with Gasteiger partial charge in [-0.05, 0) is 77.7 Å². The third-order valence-corrected chi connectivity index (χ3v) is 5.91. The van der Waals surface area contributed by atoms with Crippen molar-refractivity contribution in [3.05, 3.63) is 76.5 Å². The third-order valence-electron chi connectivity index (χ3n) is 5.91. The highest BCUT2D eigenvalue weighted by Gasteiger charge is 2.33. The summed E-state index contributed by atoms with van der Waals surface area (Å²) in [6, 6.07) is 5.31. The van der Waals surface area contributed by atoms with Crippen LogP contribution in [-0.2, 0) is 12.8 Å². The van der Waals surface area contributed by atoms with Crippen molar-refractivity contribution < 1.29 is 0 Å². The smallest absolute Gasteiger partial charge is 0.0491 e. The molecule has 1 atom stereocenters. The number of benzene rings is 1. The number of hydrogen-bond acceptors (Lipinski definition) is 1. The summed E-state index contributed by atoms with van der Waals surface area (Å²) in [4.78, 5) is 2.51. The first-order chi connectivity index (χ1) is 12.4. The molecule has 2 aliphatic rings. The highest BCUT2D eigenvalue weighted by Crippen LogP contribution is 2.42. The van der Waals surface area contributed by atoms with Crippen molar-refractivity contribution in [3.8, 4) is 0 Å². The standard InChI is InChI=1S/C25H33N/c1-8-10-17(5)23-15-26-24(16(3)4)14-21-11-18(6)20(9-2)13-22(21)25(26)12-19(23)7/h11-13,15-16,24H,5,7-10,14H2,1-4,6H3. The molecule has 0 aromatic heterocycles. The van der Waals surface area contributed by atoms with Gasteiger partial charge in [0.05, 0.1) is 0 Å². The highest BCUT2D eigenvalue weighted by atomic mass is 15.2. The zero-order chi connectivity index (χ0) is 19.0. The summed E-state index contributed by atoms with van der Waals surface area (Å²) in [6.45, 7) is 20.0. The molecule has 2 aliphatic heterocycles. The van der Waals surface area contributed by atoms with Crippen LogP contribution in [0.25, 0.3) is 5.70 Å². The van der Waals surface area contributed by atoms with Gasteiger partial charge in [0.15, 0.2) is 0 Å². The minimum absolute atomic E-state index is 0.484. The molecule has 1 aromatic rings. The lowest BCUT2D eigenvalue weighted by Crippen LogP contribution is -2.41. The molecule has 0 amide bonds. The molecule has 0 saturated carbocycles. The van der Waals surface area contributed by atoms with Crippen LogP contribution in [-0.4, -0.2) is 10.9 Å². The van der Waals surface area contributed by atoms with Crippen molar-refractivity contribution in [2.24, 2.45) is 5.92 Å². The van der Waals surface area contributed by atoms with Crippen molar-refractivity contribution >= 4 is 5.70 Å². The molecule has 1 unspecified atom stereocenters. The van der Waals surface area contributed by atoms with E-state index in [1.54, 1.807) is 0 Å². The highest BCUT2D eigenvalue weighted by molar-refractivity contribution is 5.77. The molecule has 0 bridgehead atoms. The van der Waals surface area contributed by atoms with Crippen molar-refractivity contribution in [2.75, 3.05) is 0 Å². The van der Waals surface area contributed by atoms with Gasteiger partial charge in [-0.25, -0.2) is 0 Å². The molecule has 1 nitrogen and oxygen atoms in total. The van der Waals surface area contributed by atoms with E-state index in [1.807, 2.05) is 0 Å². The van der Waals surface area contributed by atoms with Gasteiger partial charge in [-0.1, -0.05) is 53.3 Å². The number of aryl methyl sites for hydroxylation is 2. The van der Waals surface area contributed by atoms with Gasteiger partial charge >= 0.3 is 0 Å². The van der Waals surface area contributed by atoms with Gasteiger partial charge in [-0.15, -0.1) is 0 Å². The van der Waals surface area contributed by atoms with E-state index in [1.165, 1.54) is 39.1 Å². The van der Waals surface area contributed by atoms with E-state index in [0.29, 0.717) is 12.0 Å². The Bertz CT molecular complexity index is 804. The molecule has 3 rings (SSSR count). The first-order valence-corrected chi connectivity index (χ1v) is 10.1. The van der Waals surface area contributed by atoms with Gasteiger partial charge in [0.2, 0.25) is 0 Å². The van der Waals surface area contributed by atoms with Gasteiger partial charge in [-0.3, -0.25) is 0 Å². The number of rotatable bonds is 5. The molecule has 26 heavy (non-hydrogen) atoms. The van der Waals surface area contributed by atoms with Crippen LogP contribution in [0.2, 0.25) is 0 Å². The average Bonchev–Trinajstić information content (AvgIpc) is 2.59. The lowest BCUT2D eigenvalue weighted by Gasteiger charge is -2.43. The Morgan fingerprint density at radius 1 is 1.27 bits per heavy atom. The van der Waals surface area contributed by atoms with Gasteiger partial charge in [0.25, 0.3) is 0 Å². The van der Waals surface area contributed by atoms with E-state index in [0.717, 1.165) is 31.3 Å². The zero-order valence-corrected chi connectivity index (χ0v) is 17.2. The molecule has 1 heteroatoms. The van der Waals surface area contributed by atoms with Gasteiger partial charge in [0, 0.05) is 23.5 Å². The maximum atomic E-state index is 4.36. The SMILES string of the molecule is C=C1C=C2c3cc(CC)c(C)cc3CC(C(C)C)N2C=C1C(=C)CCC. The van der Waals surface area contributed by atoms with Crippen molar-refractivity contribution in [2.45, 2.75) is 66.3 Å². The summed E-state index contributed by atoms with van der Waals surface area (Å²) >= 11 is 0. The van der Waals surface area contributed by atoms with Crippen LogP contribution in [0.15, 0.2) is 54.3 Å². The summed E-state index contributed by atoms with van der Waals surface area (Å²) in [5, 5.41) is 0. The second kappa shape index (κ2) is 7.31. The normalized spacial score (nSPS) is 19.1. The monoisotopic (exact) mass is 347 g/mol. The quantitative estimate of drug-likeness (QED) is 0.580. The van der Waals surface area contributed by atoms with Crippen LogP contribution in [0.4, 0.5) is 0 Å².